The minimum atomic E-state index is -0.816. The molecule has 1 aromatic rings. The molecule has 0 spiro atoms. The topological polar surface area (TPSA) is 101 Å². The first kappa shape index (κ1) is 21.6. The molecule has 3 N–H and O–H groups in total. The van der Waals surface area contributed by atoms with Crippen molar-refractivity contribution in [2.24, 2.45) is 0 Å². The fourth-order valence-electron chi connectivity index (χ4n) is 3.88. The molecule has 0 aromatic carbocycles. The molecular weight excluding hydrogens is 368 g/mol. The van der Waals surface area contributed by atoms with Gasteiger partial charge >= 0.3 is 0 Å². The van der Waals surface area contributed by atoms with Gasteiger partial charge in [0.25, 0.3) is 5.91 Å². The molecule has 1 aromatic heterocycles. The fraction of sp³-hybridized carbons (Fsp3) is 0.778. The summed E-state index contributed by atoms with van der Waals surface area (Å²) in [7, 11) is 0. The third-order valence-electron chi connectivity index (χ3n) is 5.46. The second-order valence-electron chi connectivity index (χ2n) is 7.42. The van der Waals surface area contributed by atoms with E-state index in [1.165, 1.54) is 0 Å². The maximum Gasteiger partial charge on any atom is 0.274 e. The zero-order valence-electron chi connectivity index (χ0n) is 16.0. The van der Waals surface area contributed by atoms with Crippen molar-refractivity contribution in [3.63, 3.8) is 0 Å². The summed E-state index contributed by atoms with van der Waals surface area (Å²) in [6.45, 7) is 4.55. The highest BCUT2D eigenvalue weighted by Crippen LogP contribution is 2.29. The number of halogens is 1. The molecule has 1 saturated carbocycles. The molecular formula is C18H31ClN6O2. The molecule has 8 nitrogen and oxygen atoms in total. The van der Waals surface area contributed by atoms with Crippen molar-refractivity contribution in [1.29, 1.82) is 0 Å². The van der Waals surface area contributed by atoms with Crippen molar-refractivity contribution in [2.45, 2.75) is 69.9 Å². The summed E-state index contributed by atoms with van der Waals surface area (Å²) < 4.78 is 1.79. The smallest absolute Gasteiger partial charge is 0.274 e. The van der Waals surface area contributed by atoms with Gasteiger partial charge < -0.3 is 16.0 Å². The standard InChI is InChI=1S/C18H30N6O2.ClH/c1-2-10-20-17(26)18(8-4-3-5-9-18)21-16(25)15-13-24(23-22-15)14-6-11-19-12-7-14;/h13-14,19H,2-12H2,1H3,(H,20,26)(H,21,25);1H. The van der Waals surface area contributed by atoms with Gasteiger partial charge in [-0.1, -0.05) is 31.4 Å². The number of rotatable bonds is 6. The lowest BCUT2D eigenvalue weighted by molar-refractivity contribution is -0.128. The molecule has 2 amide bonds. The van der Waals surface area contributed by atoms with Crippen LogP contribution in [-0.2, 0) is 4.79 Å². The summed E-state index contributed by atoms with van der Waals surface area (Å²) in [5.41, 5.74) is -0.528. The van der Waals surface area contributed by atoms with Gasteiger partial charge in [-0.2, -0.15) is 0 Å². The van der Waals surface area contributed by atoms with Crippen LogP contribution in [0.4, 0.5) is 0 Å². The SMILES string of the molecule is CCCNC(=O)C1(NC(=O)c2cn(C3CCNCC3)nn2)CCCCC1.Cl. The number of hydrogen-bond acceptors (Lipinski definition) is 5. The molecule has 1 aliphatic carbocycles. The zero-order chi connectivity index (χ0) is 18.4. The Hall–Kier alpha value is -1.67. The second kappa shape index (κ2) is 10.0. The van der Waals surface area contributed by atoms with Crippen molar-refractivity contribution in [2.75, 3.05) is 19.6 Å². The van der Waals surface area contributed by atoms with Gasteiger partial charge in [0.15, 0.2) is 5.69 Å². The lowest BCUT2D eigenvalue weighted by Crippen LogP contribution is -2.59. The largest absolute Gasteiger partial charge is 0.354 e. The number of carbonyl (C=O) groups is 2. The normalized spacial score (nSPS) is 19.7. The van der Waals surface area contributed by atoms with Crippen LogP contribution >= 0.6 is 12.4 Å². The average Bonchev–Trinajstić information content (AvgIpc) is 3.18. The minimum absolute atomic E-state index is 0. The highest BCUT2D eigenvalue weighted by Gasteiger charge is 2.41. The van der Waals surface area contributed by atoms with Gasteiger partial charge in [0.2, 0.25) is 5.91 Å². The maximum absolute atomic E-state index is 12.8. The molecule has 1 aliphatic heterocycles. The fourth-order valence-corrected chi connectivity index (χ4v) is 3.88. The van der Waals surface area contributed by atoms with E-state index in [4.69, 9.17) is 0 Å². The molecule has 0 bridgehead atoms. The van der Waals surface area contributed by atoms with Crippen LogP contribution in [-0.4, -0.2) is 52.0 Å². The molecule has 2 heterocycles. The van der Waals surface area contributed by atoms with Crippen LogP contribution in [0.3, 0.4) is 0 Å². The summed E-state index contributed by atoms with van der Waals surface area (Å²) >= 11 is 0. The van der Waals surface area contributed by atoms with Gasteiger partial charge in [-0.15, -0.1) is 17.5 Å². The number of carbonyl (C=O) groups excluding carboxylic acids is 2. The number of nitrogens with one attached hydrogen (secondary N) is 3. The maximum atomic E-state index is 12.8. The van der Waals surface area contributed by atoms with Crippen molar-refractivity contribution < 1.29 is 9.59 Å². The number of nitrogens with zero attached hydrogens (tertiary/aromatic N) is 3. The molecule has 1 saturated heterocycles. The van der Waals surface area contributed by atoms with Crippen LogP contribution in [0.2, 0.25) is 0 Å². The highest BCUT2D eigenvalue weighted by molar-refractivity contribution is 5.97. The van der Waals surface area contributed by atoms with E-state index >= 15 is 0 Å². The van der Waals surface area contributed by atoms with Crippen LogP contribution in [0, 0.1) is 0 Å². The Kier molecular flexibility index (Phi) is 8.04. The first-order valence-electron chi connectivity index (χ1n) is 9.88. The van der Waals surface area contributed by atoms with Gasteiger partial charge in [0, 0.05) is 6.54 Å². The molecule has 9 heteroatoms. The lowest BCUT2D eigenvalue weighted by Gasteiger charge is -2.36. The predicted octanol–water partition coefficient (Wildman–Crippen LogP) is 1.58. The summed E-state index contributed by atoms with van der Waals surface area (Å²) in [5.74, 6) is -0.378. The van der Waals surface area contributed by atoms with Crippen LogP contribution in [0.15, 0.2) is 6.20 Å². The number of aromatic nitrogens is 3. The third kappa shape index (κ3) is 5.19. The number of hydrogen-bond donors (Lipinski definition) is 3. The van der Waals surface area contributed by atoms with Crippen molar-refractivity contribution in [3.8, 4) is 0 Å². The number of piperidine rings is 1. The quantitative estimate of drug-likeness (QED) is 0.675. The van der Waals surface area contributed by atoms with Gasteiger partial charge in [0.1, 0.15) is 5.54 Å². The molecule has 2 aliphatic rings. The Labute approximate surface area is 166 Å². The van der Waals surface area contributed by atoms with Crippen LogP contribution < -0.4 is 16.0 Å². The van der Waals surface area contributed by atoms with Gasteiger partial charge in [0.05, 0.1) is 12.2 Å². The van der Waals surface area contributed by atoms with E-state index in [2.05, 4.69) is 26.3 Å². The van der Waals surface area contributed by atoms with E-state index in [-0.39, 0.29) is 36.0 Å². The molecule has 0 atom stereocenters. The Morgan fingerprint density at radius 3 is 2.63 bits per heavy atom. The van der Waals surface area contributed by atoms with E-state index in [0.29, 0.717) is 19.4 Å². The second-order valence-corrected chi connectivity index (χ2v) is 7.42. The van der Waals surface area contributed by atoms with E-state index in [0.717, 1.165) is 51.6 Å². The van der Waals surface area contributed by atoms with E-state index < -0.39 is 5.54 Å². The minimum Gasteiger partial charge on any atom is -0.354 e. The van der Waals surface area contributed by atoms with Crippen LogP contribution in [0.25, 0.3) is 0 Å². The lowest BCUT2D eigenvalue weighted by atomic mass is 9.80. The Morgan fingerprint density at radius 2 is 1.96 bits per heavy atom. The third-order valence-corrected chi connectivity index (χ3v) is 5.46. The summed E-state index contributed by atoms with van der Waals surface area (Å²) in [4.78, 5) is 25.5. The van der Waals surface area contributed by atoms with Gasteiger partial charge in [-0.05, 0) is 45.2 Å². The Bertz CT molecular complexity index is 623. The summed E-state index contributed by atoms with van der Waals surface area (Å²) in [5, 5.41) is 17.5. The highest BCUT2D eigenvalue weighted by atomic mass is 35.5. The average molecular weight is 399 g/mol. The molecule has 27 heavy (non-hydrogen) atoms. The van der Waals surface area contributed by atoms with Crippen molar-refractivity contribution in [1.82, 2.24) is 30.9 Å². The van der Waals surface area contributed by atoms with E-state index in [1.54, 1.807) is 10.9 Å². The van der Waals surface area contributed by atoms with Crippen LogP contribution in [0.5, 0.6) is 0 Å². The predicted molar refractivity (Wildman–Crippen MR) is 105 cm³/mol. The van der Waals surface area contributed by atoms with Crippen LogP contribution in [0.1, 0.15) is 74.8 Å². The molecule has 2 fully saturated rings. The summed E-state index contributed by atoms with van der Waals surface area (Å²) in [6, 6.07) is 0.279. The monoisotopic (exact) mass is 398 g/mol. The van der Waals surface area contributed by atoms with Gasteiger partial charge in [-0.25, -0.2) is 4.68 Å². The zero-order valence-corrected chi connectivity index (χ0v) is 16.8. The van der Waals surface area contributed by atoms with E-state index in [9.17, 15) is 9.59 Å². The Balaban J connectivity index is 0.00000261. The Morgan fingerprint density at radius 1 is 1.26 bits per heavy atom. The molecule has 0 radical (unpaired) electrons. The molecule has 3 rings (SSSR count). The first-order valence-corrected chi connectivity index (χ1v) is 9.88. The van der Waals surface area contributed by atoms with Crippen molar-refractivity contribution in [3.05, 3.63) is 11.9 Å². The molecule has 0 unspecified atom stereocenters. The van der Waals surface area contributed by atoms with E-state index in [1.807, 2.05) is 6.92 Å². The summed E-state index contributed by atoms with van der Waals surface area (Å²) in [6.07, 6.45) is 8.90. The number of amides is 2. The van der Waals surface area contributed by atoms with Gasteiger partial charge in [-0.3, -0.25) is 9.59 Å². The van der Waals surface area contributed by atoms with Crippen molar-refractivity contribution >= 4 is 24.2 Å². The molecule has 152 valence electrons. The first-order chi connectivity index (χ1) is 12.6.